The standard InChI is InChI=1S/C13H19N3O2S/c1-4-13(3,5-2)16-19(17,18)12-7-6-10(9-14)8-11(12)15/h6-8,16H,4-5,15H2,1-3H3. The highest BCUT2D eigenvalue weighted by atomic mass is 32.2. The Kier molecular flexibility index (Phi) is 4.56. The summed E-state index contributed by atoms with van der Waals surface area (Å²) in [5.74, 6) is 0. The monoisotopic (exact) mass is 281 g/mol. The molecule has 0 aliphatic heterocycles. The van der Waals surface area contributed by atoms with Gasteiger partial charge in [-0.05, 0) is 38.0 Å². The summed E-state index contributed by atoms with van der Waals surface area (Å²) >= 11 is 0. The number of nitrogens with two attached hydrogens (primary N) is 1. The quantitative estimate of drug-likeness (QED) is 0.807. The maximum atomic E-state index is 12.3. The van der Waals surface area contributed by atoms with Gasteiger partial charge in [-0.15, -0.1) is 0 Å². The van der Waals surface area contributed by atoms with Gasteiger partial charge in [0.1, 0.15) is 4.90 Å². The smallest absolute Gasteiger partial charge is 0.243 e. The average molecular weight is 281 g/mol. The second-order valence-electron chi connectivity index (χ2n) is 4.74. The summed E-state index contributed by atoms with van der Waals surface area (Å²) in [6.07, 6.45) is 1.36. The first-order valence-electron chi connectivity index (χ1n) is 6.11. The van der Waals surface area contributed by atoms with Crippen LogP contribution >= 0.6 is 0 Å². The summed E-state index contributed by atoms with van der Waals surface area (Å²) in [4.78, 5) is 0.0135. The maximum absolute atomic E-state index is 12.3. The summed E-state index contributed by atoms with van der Waals surface area (Å²) in [6.45, 7) is 5.70. The molecule has 0 fully saturated rings. The molecule has 0 bridgehead atoms. The lowest BCUT2D eigenvalue weighted by Gasteiger charge is -2.28. The van der Waals surface area contributed by atoms with Gasteiger partial charge in [0.15, 0.2) is 0 Å². The number of benzene rings is 1. The zero-order valence-corrected chi connectivity index (χ0v) is 12.2. The lowest BCUT2D eigenvalue weighted by Crippen LogP contribution is -2.44. The Balaban J connectivity index is 3.19. The fraction of sp³-hybridized carbons (Fsp3) is 0.462. The number of nitriles is 1. The third kappa shape index (κ3) is 3.46. The SMILES string of the molecule is CCC(C)(CC)NS(=O)(=O)c1ccc(C#N)cc1N. The van der Waals surface area contributed by atoms with Crippen LogP contribution < -0.4 is 10.5 Å². The van der Waals surface area contributed by atoms with Crippen molar-refractivity contribution in [1.29, 1.82) is 5.26 Å². The van der Waals surface area contributed by atoms with E-state index in [-0.39, 0.29) is 10.6 Å². The van der Waals surface area contributed by atoms with Crippen molar-refractivity contribution in [2.45, 2.75) is 44.0 Å². The van der Waals surface area contributed by atoms with Gasteiger partial charge >= 0.3 is 0 Å². The molecule has 104 valence electrons. The van der Waals surface area contributed by atoms with E-state index in [1.807, 2.05) is 26.8 Å². The zero-order valence-electron chi connectivity index (χ0n) is 11.4. The van der Waals surface area contributed by atoms with Gasteiger partial charge < -0.3 is 5.73 Å². The largest absolute Gasteiger partial charge is 0.398 e. The molecular weight excluding hydrogens is 262 g/mol. The summed E-state index contributed by atoms with van der Waals surface area (Å²) < 4.78 is 27.3. The molecule has 1 aromatic rings. The van der Waals surface area contributed by atoms with Crippen LogP contribution in [-0.4, -0.2) is 14.0 Å². The van der Waals surface area contributed by atoms with E-state index >= 15 is 0 Å². The van der Waals surface area contributed by atoms with Gasteiger partial charge in [-0.2, -0.15) is 5.26 Å². The van der Waals surface area contributed by atoms with Crippen molar-refractivity contribution in [3.63, 3.8) is 0 Å². The van der Waals surface area contributed by atoms with Gasteiger partial charge in [0.05, 0.1) is 17.3 Å². The molecular formula is C13H19N3O2S. The minimum atomic E-state index is -3.68. The van der Waals surface area contributed by atoms with Gasteiger partial charge in [-0.25, -0.2) is 13.1 Å². The minimum Gasteiger partial charge on any atom is -0.398 e. The number of sulfonamides is 1. The topological polar surface area (TPSA) is 96.0 Å². The predicted molar refractivity (Wildman–Crippen MR) is 74.9 cm³/mol. The van der Waals surface area contributed by atoms with Crippen molar-refractivity contribution in [3.05, 3.63) is 23.8 Å². The van der Waals surface area contributed by atoms with Crippen LogP contribution in [0.4, 0.5) is 5.69 Å². The molecule has 0 spiro atoms. The van der Waals surface area contributed by atoms with Gasteiger partial charge in [0, 0.05) is 5.54 Å². The molecule has 0 saturated heterocycles. The Hall–Kier alpha value is -1.58. The van der Waals surface area contributed by atoms with Crippen LogP contribution in [0.5, 0.6) is 0 Å². The Labute approximate surface area is 114 Å². The van der Waals surface area contributed by atoms with E-state index in [1.165, 1.54) is 18.2 Å². The molecule has 0 saturated carbocycles. The highest BCUT2D eigenvalue weighted by Gasteiger charge is 2.28. The molecule has 3 N–H and O–H groups in total. The van der Waals surface area contributed by atoms with E-state index in [0.717, 1.165) is 0 Å². The molecule has 0 radical (unpaired) electrons. The van der Waals surface area contributed by atoms with E-state index in [0.29, 0.717) is 18.4 Å². The van der Waals surface area contributed by atoms with E-state index in [4.69, 9.17) is 11.0 Å². The Morgan fingerprint density at radius 2 is 1.95 bits per heavy atom. The van der Waals surface area contributed by atoms with Crippen LogP contribution in [0.15, 0.2) is 23.1 Å². The number of nitrogens with zero attached hydrogens (tertiary/aromatic N) is 1. The molecule has 0 aliphatic carbocycles. The first-order valence-corrected chi connectivity index (χ1v) is 7.60. The van der Waals surface area contributed by atoms with E-state index in [1.54, 1.807) is 0 Å². The second-order valence-corrected chi connectivity index (χ2v) is 6.39. The summed E-state index contributed by atoms with van der Waals surface area (Å²) in [7, 11) is -3.68. The third-order valence-corrected chi connectivity index (χ3v) is 5.08. The average Bonchev–Trinajstić information content (AvgIpc) is 2.37. The van der Waals surface area contributed by atoms with Crippen LogP contribution in [0, 0.1) is 11.3 Å². The van der Waals surface area contributed by atoms with Crippen LogP contribution in [0.3, 0.4) is 0 Å². The molecule has 1 aromatic carbocycles. The van der Waals surface area contributed by atoms with Crippen molar-refractivity contribution in [1.82, 2.24) is 4.72 Å². The van der Waals surface area contributed by atoms with Crippen LogP contribution in [0.25, 0.3) is 0 Å². The number of anilines is 1. The fourth-order valence-corrected chi connectivity index (χ4v) is 3.30. The van der Waals surface area contributed by atoms with Gasteiger partial charge in [0.25, 0.3) is 0 Å². The van der Waals surface area contributed by atoms with E-state index in [2.05, 4.69) is 4.72 Å². The summed E-state index contributed by atoms with van der Waals surface area (Å²) in [5.41, 5.74) is 5.64. The first-order chi connectivity index (χ1) is 8.78. The number of nitrogen functional groups attached to an aromatic ring is 1. The van der Waals surface area contributed by atoms with Crippen LogP contribution in [-0.2, 0) is 10.0 Å². The molecule has 0 atom stereocenters. The maximum Gasteiger partial charge on any atom is 0.243 e. The van der Waals surface area contributed by atoms with Crippen LogP contribution in [0.1, 0.15) is 39.2 Å². The Morgan fingerprint density at radius 3 is 2.37 bits per heavy atom. The lowest BCUT2D eigenvalue weighted by atomic mass is 9.98. The summed E-state index contributed by atoms with van der Waals surface area (Å²) in [5, 5.41) is 8.75. The molecule has 0 aromatic heterocycles. The predicted octanol–water partition coefficient (Wildman–Crippen LogP) is 2.00. The highest BCUT2D eigenvalue weighted by Crippen LogP contribution is 2.23. The van der Waals surface area contributed by atoms with Crippen molar-refractivity contribution in [2.75, 3.05) is 5.73 Å². The number of nitrogens with one attached hydrogen (secondary N) is 1. The zero-order chi connectivity index (χ0) is 14.7. The molecule has 5 nitrogen and oxygen atoms in total. The van der Waals surface area contributed by atoms with Crippen LogP contribution in [0.2, 0.25) is 0 Å². The van der Waals surface area contributed by atoms with Gasteiger partial charge in [0.2, 0.25) is 10.0 Å². The normalized spacial score (nSPS) is 12.1. The molecule has 19 heavy (non-hydrogen) atoms. The second kappa shape index (κ2) is 5.59. The van der Waals surface area contributed by atoms with Crippen molar-refractivity contribution in [3.8, 4) is 6.07 Å². The number of hydrogen-bond acceptors (Lipinski definition) is 4. The van der Waals surface area contributed by atoms with E-state index < -0.39 is 15.6 Å². The van der Waals surface area contributed by atoms with Crippen molar-refractivity contribution in [2.24, 2.45) is 0 Å². The number of rotatable bonds is 5. The molecule has 6 heteroatoms. The summed E-state index contributed by atoms with van der Waals surface area (Å²) in [6, 6.07) is 6.09. The first kappa shape index (κ1) is 15.5. The lowest BCUT2D eigenvalue weighted by molar-refractivity contribution is 0.389. The molecule has 0 aliphatic rings. The fourth-order valence-electron chi connectivity index (χ4n) is 1.64. The minimum absolute atomic E-state index is 0.0135. The number of hydrogen-bond donors (Lipinski definition) is 2. The molecule has 0 unspecified atom stereocenters. The van der Waals surface area contributed by atoms with Crippen molar-refractivity contribution >= 4 is 15.7 Å². The Bertz CT molecular complexity index is 599. The molecule has 1 rings (SSSR count). The Morgan fingerprint density at radius 1 is 1.37 bits per heavy atom. The van der Waals surface area contributed by atoms with Crippen molar-refractivity contribution < 1.29 is 8.42 Å². The van der Waals surface area contributed by atoms with E-state index in [9.17, 15) is 8.42 Å². The molecule has 0 heterocycles. The highest BCUT2D eigenvalue weighted by molar-refractivity contribution is 7.89. The third-order valence-electron chi connectivity index (χ3n) is 3.37. The molecule has 0 amide bonds. The van der Waals surface area contributed by atoms with Gasteiger partial charge in [-0.1, -0.05) is 13.8 Å². The van der Waals surface area contributed by atoms with Gasteiger partial charge in [-0.3, -0.25) is 0 Å².